The van der Waals surface area contributed by atoms with E-state index in [0.29, 0.717) is 18.4 Å². The molecule has 0 radical (unpaired) electrons. The summed E-state index contributed by atoms with van der Waals surface area (Å²) in [6.07, 6.45) is 0.834. The van der Waals surface area contributed by atoms with Crippen LogP contribution in [-0.2, 0) is 19.6 Å². The molecule has 1 aliphatic heterocycles. The van der Waals surface area contributed by atoms with E-state index in [1.54, 1.807) is 6.92 Å². The topological polar surface area (TPSA) is 63.7 Å². The molecule has 0 atom stereocenters. The Kier molecular flexibility index (Phi) is 4.63. The number of esters is 1. The molecule has 1 aliphatic rings. The number of methoxy groups -OCH3 is 1. The normalized spacial score (nSPS) is 17.7. The number of sulfonamides is 1. The molecule has 0 aromatic heterocycles. The molecule has 5 nitrogen and oxygen atoms in total. The van der Waals surface area contributed by atoms with Gasteiger partial charge in [0.15, 0.2) is 0 Å². The van der Waals surface area contributed by atoms with Crippen LogP contribution in [0.2, 0.25) is 0 Å². The lowest BCUT2D eigenvalue weighted by Crippen LogP contribution is -2.40. The number of benzene rings is 1. The van der Waals surface area contributed by atoms with Crippen molar-refractivity contribution in [3.63, 3.8) is 0 Å². The van der Waals surface area contributed by atoms with Gasteiger partial charge < -0.3 is 4.74 Å². The second-order valence-electron chi connectivity index (χ2n) is 5.11. The minimum atomic E-state index is -3.73. The third kappa shape index (κ3) is 3.24. The van der Waals surface area contributed by atoms with Crippen molar-refractivity contribution in [3.05, 3.63) is 29.6 Å². The minimum absolute atomic E-state index is 0.0148. The van der Waals surface area contributed by atoms with Crippen molar-refractivity contribution in [1.82, 2.24) is 4.31 Å². The van der Waals surface area contributed by atoms with Crippen molar-refractivity contribution in [3.8, 4) is 0 Å². The number of hydrogen-bond acceptors (Lipinski definition) is 4. The molecule has 1 aromatic carbocycles. The number of aryl methyl sites for hydroxylation is 1. The van der Waals surface area contributed by atoms with Crippen LogP contribution in [0.25, 0.3) is 0 Å². The predicted octanol–water partition coefficient (Wildman–Crippen LogP) is 1.71. The molecule has 1 aromatic rings. The monoisotopic (exact) mass is 315 g/mol. The quantitative estimate of drug-likeness (QED) is 0.797. The number of ether oxygens (including phenoxy) is 1. The summed E-state index contributed by atoms with van der Waals surface area (Å²) in [6, 6.07) is 3.72. The zero-order valence-electron chi connectivity index (χ0n) is 12.0. The number of halogens is 1. The lowest BCUT2D eigenvalue weighted by molar-refractivity contribution is -0.146. The molecule has 21 heavy (non-hydrogen) atoms. The van der Waals surface area contributed by atoms with Gasteiger partial charge in [0.1, 0.15) is 5.82 Å². The van der Waals surface area contributed by atoms with Crippen LogP contribution < -0.4 is 0 Å². The highest BCUT2D eigenvalue weighted by atomic mass is 32.2. The molecule has 0 amide bonds. The van der Waals surface area contributed by atoms with Crippen LogP contribution in [-0.4, -0.2) is 38.9 Å². The molecule has 0 spiro atoms. The second-order valence-corrected chi connectivity index (χ2v) is 7.02. The average molecular weight is 315 g/mol. The smallest absolute Gasteiger partial charge is 0.308 e. The Bertz CT molecular complexity index is 636. The maximum atomic E-state index is 13.3. The van der Waals surface area contributed by atoms with Crippen LogP contribution >= 0.6 is 0 Å². The largest absolute Gasteiger partial charge is 0.469 e. The Morgan fingerprint density at radius 3 is 2.52 bits per heavy atom. The van der Waals surface area contributed by atoms with Crippen LogP contribution in [0.1, 0.15) is 18.4 Å². The number of nitrogens with zero attached hydrogens (tertiary/aromatic N) is 1. The molecule has 0 N–H and O–H groups in total. The van der Waals surface area contributed by atoms with E-state index < -0.39 is 15.8 Å². The fourth-order valence-corrected chi connectivity index (χ4v) is 4.20. The first-order valence-corrected chi connectivity index (χ1v) is 8.14. The van der Waals surface area contributed by atoms with Crippen LogP contribution in [0.15, 0.2) is 23.1 Å². The van der Waals surface area contributed by atoms with Gasteiger partial charge in [0.2, 0.25) is 10.0 Å². The van der Waals surface area contributed by atoms with Crippen molar-refractivity contribution in [2.45, 2.75) is 24.7 Å². The van der Waals surface area contributed by atoms with E-state index in [4.69, 9.17) is 0 Å². The molecule has 0 bridgehead atoms. The highest BCUT2D eigenvalue weighted by Gasteiger charge is 2.33. The standard InChI is InChI=1S/C14H18FNO4S/c1-10-3-4-12(15)9-13(10)21(18,19)16-7-5-11(6-8-16)14(17)20-2/h3-4,9,11H,5-8H2,1-2H3. The summed E-state index contributed by atoms with van der Waals surface area (Å²) in [4.78, 5) is 11.4. The van der Waals surface area contributed by atoms with Gasteiger partial charge in [0.05, 0.1) is 17.9 Å². The summed E-state index contributed by atoms with van der Waals surface area (Å²) in [5.74, 6) is -1.16. The molecule has 0 unspecified atom stereocenters. The van der Waals surface area contributed by atoms with Crippen molar-refractivity contribution < 1.29 is 22.3 Å². The number of hydrogen-bond donors (Lipinski definition) is 0. The van der Waals surface area contributed by atoms with Gasteiger partial charge in [-0.05, 0) is 37.5 Å². The number of piperidine rings is 1. The SMILES string of the molecule is COC(=O)C1CCN(S(=O)(=O)c2cc(F)ccc2C)CC1. The number of carbonyl (C=O) groups is 1. The van der Waals surface area contributed by atoms with Crippen LogP contribution in [0, 0.1) is 18.7 Å². The lowest BCUT2D eigenvalue weighted by Gasteiger charge is -2.30. The lowest BCUT2D eigenvalue weighted by atomic mass is 9.99. The number of rotatable bonds is 3. The van der Waals surface area contributed by atoms with Gasteiger partial charge in [0, 0.05) is 13.1 Å². The summed E-state index contributed by atoms with van der Waals surface area (Å²) < 4.78 is 44.4. The molecule has 116 valence electrons. The van der Waals surface area contributed by atoms with E-state index in [9.17, 15) is 17.6 Å². The highest BCUT2D eigenvalue weighted by Crippen LogP contribution is 2.26. The maximum Gasteiger partial charge on any atom is 0.308 e. The zero-order chi connectivity index (χ0) is 15.6. The van der Waals surface area contributed by atoms with Gasteiger partial charge in [-0.15, -0.1) is 0 Å². The summed E-state index contributed by atoms with van der Waals surface area (Å²) in [5.41, 5.74) is 0.506. The molecule has 0 aliphatic carbocycles. The van der Waals surface area contributed by atoms with Crippen molar-refractivity contribution in [2.24, 2.45) is 5.92 Å². The van der Waals surface area contributed by atoms with E-state index >= 15 is 0 Å². The van der Waals surface area contributed by atoms with Gasteiger partial charge >= 0.3 is 5.97 Å². The van der Waals surface area contributed by atoms with Gasteiger partial charge in [-0.1, -0.05) is 6.07 Å². The summed E-state index contributed by atoms with van der Waals surface area (Å²) >= 11 is 0. The van der Waals surface area contributed by atoms with Crippen LogP contribution in [0.3, 0.4) is 0 Å². The molecule has 7 heteroatoms. The predicted molar refractivity (Wildman–Crippen MR) is 74.6 cm³/mol. The summed E-state index contributed by atoms with van der Waals surface area (Å²) in [6.45, 7) is 2.10. The van der Waals surface area contributed by atoms with Crippen molar-refractivity contribution >= 4 is 16.0 Å². The Balaban J connectivity index is 2.19. The van der Waals surface area contributed by atoms with Crippen LogP contribution in [0.4, 0.5) is 4.39 Å². The van der Waals surface area contributed by atoms with E-state index in [1.807, 2.05) is 0 Å². The fourth-order valence-electron chi connectivity index (χ4n) is 2.49. The molecule has 2 rings (SSSR count). The van der Waals surface area contributed by atoms with Crippen molar-refractivity contribution in [2.75, 3.05) is 20.2 Å². The Morgan fingerprint density at radius 1 is 1.33 bits per heavy atom. The first-order valence-electron chi connectivity index (χ1n) is 6.70. The van der Waals surface area contributed by atoms with Gasteiger partial charge in [0.25, 0.3) is 0 Å². The molecular weight excluding hydrogens is 297 g/mol. The maximum absolute atomic E-state index is 13.3. The van der Waals surface area contributed by atoms with E-state index in [0.717, 1.165) is 6.07 Å². The van der Waals surface area contributed by atoms with E-state index in [-0.39, 0.29) is 29.9 Å². The average Bonchev–Trinajstić information content (AvgIpc) is 2.49. The first-order chi connectivity index (χ1) is 9.86. The summed E-state index contributed by atoms with van der Waals surface area (Å²) in [7, 11) is -2.41. The third-order valence-electron chi connectivity index (χ3n) is 3.76. The third-order valence-corrected chi connectivity index (χ3v) is 5.80. The zero-order valence-corrected chi connectivity index (χ0v) is 12.8. The molecular formula is C14H18FNO4S. The van der Waals surface area contributed by atoms with Crippen LogP contribution in [0.5, 0.6) is 0 Å². The number of carbonyl (C=O) groups excluding carboxylic acids is 1. The molecule has 1 fully saturated rings. The molecule has 1 heterocycles. The molecule has 0 saturated carbocycles. The first kappa shape index (κ1) is 15.9. The fraction of sp³-hybridized carbons (Fsp3) is 0.500. The molecule has 1 saturated heterocycles. The van der Waals surface area contributed by atoms with Gasteiger partial charge in [-0.3, -0.25) is 4.79 Å². The van der Waals surface area contributed by atoms with Gasteiger partial charge in [-0.2, -0.15) is 4.31 Å². The Morgan fingerprint density at radius 2 is 1.95 bits per heavy atom. The van der Waals surface area contributed by atoms with Crippen molar-refractivity contribution in [1.29, 1.82) is 0 Å². The van der Waals surface area contributed by atoms with E-state index in [2.05, 4.69) is 4.74 Å². The highest BCUT2D eigenvalue weighted by molar-refractivity contribution is 7.89. The van der Waals surface area contributed by atoms with Gasteiger partial charge in [-0.25, -0.2) is 12.8 Å². The second kappa shape index (κ2) is 6.11. The minimum Gasteiger partial charge on any atom is -0.469 e. The Labute approximate surface area is 123 Å². The van der Waals surface area contributed by atoms with E-state index in [1.165, 1.54) is 23.5 Å². The Hall–Kier alpha value is -1.47. The summed E-state index contributed by atoms with van der Waals surface area (Å²) in [5, 5.41) is 0.